The lowest BCUT2D eigenvalue weighted by atomic mass is 10.3. The van der Waals surface area contributed by atoms with Crippen LogP contribution in [-0.2, 0) is 7.05 Å². The highest BCUT2D eigenvalue weighted by atomic mass is 16.1. The second-order valence-corrected chi connectivity index (χ2v) is 7.11. The van der Waals surface area contributed by atoms with Crippen LogP contribution in [-0.4, -0.2) is 55.5 Å². The summed E-state index contributed by atoms with van der Waals surface area (Å²) in [4.78, 5) is 30.0. The molecule has 1 fully saturated rings. The maximum Gasteiger partial charge on any atom is 0.293 e. The lowest BCUT2D eigenvalue weighted by molar-refractivity contribution is 0.631. The van der Waals surface area contributed by atoms with E-state index in [1.54, 1.807) is 24.0 Å². The first-order chi connectivity index (χ1) is 13.4. The van der Waals surface area contributed by atoms with E-state index < -0.39 is 0 Å². The number of anilines is 2. The van der Waals surface area contributed by atoms with Crippen LogP contribution in [0.1, 0.15) is 17.2 Å². The van der Waals surface area contributed by atoms with Crippen LogP contribution in [0.3, 0.4) is 0 Å². The van der Waals surface area contributed by atoms with Gasteiger partial charge < -0.3 is 14.4 Å². The smallest absolute Gasteiger partial charge is 0.293 e. The van der Waals surface area contributed by atoms with Gasteiger partial charge in [0.05, 0.1) is 5.69 Å². The van der Waals surface area contributed by atoms with Crippen LogP contribution < -0.4 is 15.4 Å². The van der Waals surface area contributed by atoms with E-state index in [4.69, 9.17) is 0 Å². The molecule has 0 aromatic carbocycles. The second-order valence-electron chi connectivity index (χ2n) is 7.11. The van der Waals surface area contributed by atoms with Gasteiger partial charge in [-0.1, -0.05) is 0 Å². The van der Waals surface area contributed by atoms with Crippen LogP contribution in [0.5, 0.6) is 0 Å². The first kappa shape index (κ1) is 18.1. The molecule has 0 radical (unpaired) electrons. The normalized spacial score (nSPS) is 14.6. The third-order valence-corrected chi connectivity index (χ3v) is 4.94. The molecule has 1 saturated heterocycles. The topological polar surface area (TPSA) is 85.0 Å². The molecule has 0 amide bonds. The van der Waals surface area contributed by atoms with Crippen molar-refractivity contribution < 1.29 is 0 Å². The minimum Gasteiger partial charge on any atom is -0.353 e. The van der Waals surface area contributed by atoms with E-state index in [9.17, 15) is 4.79 Å². The van der Waals surface area contributed by atoms with Crippen LogP contribution >= 0.6 is 0 Å². The van der Waals surface area contributed by atoms with Gasteiger partial charge in [-0.15, -0.1) is 0 Å². The maximum atomic E-state index is 12.3. The molecular formula is C19H24N8O. The molecule has 0 unspecified atom stereocenters. The van der Waals surface area contributed by atoms with Gasteiger partial charge in [0.25, 0.3) is 5.56 Å². The van der Waals surface area contributed by atoms with Gasteiger partial charge in [0, 0.05) is 57.4 Å². The molecule has 0 aliphatic carbocycles. The van der Waals surface area contributed by atoms with Crippen molar-refractivity contribution >= 4 is 11.6 Å². The van der Waals surface area contributed by atoms with Crippen molar-refractivity contribution in [3.05, 3.63) is 52.1 Å². The van der Waals surface area contributed by atoms with Crippen LogP contribution in [0.4, 0.5) is 11.6 Å². The zero-order valence-corrected chi connectivity index (χ0v) is 16.6. The number of rotatable bonds is 3. The predicted molar refractivity (Wildman–Crippen MR) is 107 cm³/mol. The first-order valence-electron chi connectivity index (χ1n) is 9.33. The zero-order chi connectivity index (χ0) is 19.8. The summed E-state index contributed by atoms with van der Waals surface area (Å²) < 4.78 is 3.41. The summed E-state index contributed by atoms with van der Waals surface area (Å²) in [7, 11) is 1.74. The summed E-state index contributed by atoms with van der Waals surface area (Å²) >= 11 is 0. The van der Waals surface area contributed by atoms with Gasteiger partial charge in [0.15, 0.2) is 11.6 Å². The molecule has 0 bridgehead atoms. The third kappa shape index (κ3) is 3.35. The van der Waals surface area contributed by atoms with Gasteiger partial charge >= 0.3 is 0 Å². The van der Waals surface area contributed by atoms with E-state index in [0.717, 1.165) is 36.1 Å². The lowest BCUT2D eigenvalue weighted by Crippen LogP contribution is -2.49. The summed E-state index contributed by atoms with van der Waals surface area (Å²) in [6, 6.07) is 4.01. The average Bonchev–Trinajstić information content (AvgIpc) is 3.02. The Labute approximate surface area is 163 Å². The summed E-state index contributed by atoms with van der Waals surface area (Å²) in [6.07, 6.45) is 3.34. The van der Waals surface area contributed by atoms with Crippen LogP contribution in [0.15, 0.2) is 29.3 Å². The third-order valence-electron chi connectivity index (χ3n) is 4.94. The molecule has 1 aliphatic heterocycles. The van der Waals surface area contributed by atoms with Crippen LogP contribution in [0.25, 0.3) is 5.82 Å². The first-order valence-corrected chi connectivity index (χ1v) is 9.33. The van der Waals surface area contributed by atoms with Crippen molar-refractivity contribution in [1.29, 1.82) is 0 Å². The highest BCUT2D eigenvalue weighted by molar-refractivity contribution is 5.47. The van der Waals surface area contributed by atoms with Crippen molar-refractivity contribution in [2.24, 2.45) is 7.05 Å². The number of nitrogens with zero attached hydrogens (tertiary/aromatic N) is 8. The average molecular weight is 380 g/mol. The summed E-state index contributed by atoms with van der Waals surface area (Å²) in [5, 5.41) is 4.53. The SMILES string of the molecule is Cc1cc(C)n(-c2cc(N3CCN(c4nccn(C)c4=O)CC3)nc(C)n2)n1. The minimum atomic E-state index is -0.0688. The predicted octanol–water partition coefficient (Wildman–Crippen LogP) is 1.01. The van der Waals surface area contributed by atoms with Crippen molar-refractivity contribution in [3.8, 4) is 5.82 Å². The van der Waals surface area contributed by atoms with Gasteiger partial charge in [0.2, 0.25) is 0 Å². The Morgan fingerprint density at radius 1 is 0.929 bits per heavy atom. The quantitative estimate of drug-likeness (QED) is 0.670. The number of piperazine rings is 1. The van der Waals surface area contributed by atoms with E-state index in [-0.39, 0.29) is 5.56 Å². The fraction of sp³-hybridized carbons (Fsp3) is 0.421. The molecule has 9 heteroatoms. The molecule has 0 atom stereocenters. The Morgan fingerprint density at radius 2 is 1.61 bits per heavy atom. The number of hydrogen-bond donors (Lipinski definition) is 0. The number of hydrogen-bond acceptors (Lipinski definition) is 7. The highest BCUT2D eigenvalue weighted by Gasteiger charge is 2.22. The van der Waals surface area contributed by atoms with E-state index >= 15 is 0 Å². The summed E-state index contributed by atoms with van der Waals surface area (Å²) in [5.41, 5.74) is 1.93. The van der Waals surface area contributed by atoms with Gasteiger partial charge in [-0.3, -0.25) is 4.79 Å². The molecule has 28 heavy (non-hydrogen) atoms. The van der Waals surface area contributed by atoms with Gasteiger partial charge in [0.1, 0.15) is 11.6 Å². The lowest BCUT2D eigenvalue weighted by Gasteiger charge is -2.35. The molecule has 1 aliphatic rings. The summed E-state index contributed by atoms with van der Waals surface area (Å²) in [5.74, 6) is 2.87. The van der Waals surface area contributed by atoms with Crippen molar-refractivity contribution in [2.45, 2.75) is 20.8 Å². The zero-order valence-electron chi connectivity index (χ0n) is 16.6. The summed E-state index contributed by atoms with van der Waals surface area (Å²) in [6.45, 7) is 8.82. The fourth-order valence-corrected chi connectivity index (χ4v) is 3.52. The Morgan fingerprint density at radius 3 is 2.29 bits per heavy atom. The van der Waals surface area contributed by atoms with Gasteiger partial charge in [-0.05, 0) is 26.8 Å². The van der Waals surface area contributed by atoms with Crippen LogP contribution in [0, 0.1) is 20.8 Å². The van der Waals surface area contributed by atoms with Gasteiger partial charge in [-0.2, -0.15) is 5.10 Å². The molecule has 3 aromatic rings. The standard InChI is InChI=1S/C19H24N8O/c1-13-11-14(2)27(23-13)17-12-16(21-15(3)22-17)25-7-9-26(10-8-25)18-19(28)24(4)6-5-20-18/h5-6,11-12H,7-10H2,1-4H3. The number of aryl methyl sites for hydroxylation is 4. The largest absolute Gasteiger partial charge is 0.353 e. The van der Waals surface area contributed by atoms with Crippen molar-refractivity contribution in [2.75, 3.05) is 36.0 Å². The van der Waals surface area contributed by atoms with E-state index in [0.29, 0.717) is 24.7 Å². The Bertz CT molecular complexity index is 1060. The molecule has 0 saturated carbocycles. The van der Waals surface area contributed by atoms with E-state index in [1.165, 1.54) is 0 Å². The van der Waals surface area contributed by atoms with E-state index in [1.807, 2.05) is 42.5 Å². The van der Waals surface area contributed by atoms with Crippen molar-refractivity contribution in [1.82, 2.24) is 29.3 Å². The molecule has 146 valence electrons. The molecule has 9 nitrogen and oxygen atoms in total. The number of aromatic nitrogens is 6. The van der Waals surface area contributed by atoms with Crippen molar-refractivity contribution in [3.63, 3.8) is 0 Å². The maximum absolute atomic E-state index is 12.3. The van der Waals surface area contributed by atoms with E-state index in [2.05, 4.69) is 25.0 Å². The Balaban J connectivity index is 1.56. The molecule has 3 aromatic heterocycles. The second kappa shape index (κ2) is 7.06. The molecular weight excluding hydrogens is 356 g/mol. The Kier molecular flexibility index (Phi) is 4.58. The fourth-order valence-electron chi connectivity index (χ4n) is 3.52. The molecule has 4 rings (SSSR count). The Hall–Kier alpha value is -3.23. The van der Waals surface area contributed by atoms with Gasteiger partial charge in [-0.25, -0.2) is 19.6 Å². The molecule has 0 spiro atoms. The molecule has 0 N–H and O–H groups in total. The van der Waals surface area contributed by atoms with Crippen LogP contribution in [0.2, 0.25) is 0 Å². The monoisotopic (exact) mass is 380 g/mol. The minimum absolute atomic E-state index is 0.0688. The molecule has 4 heterocycles. The highest BCUT2D eigenvalue weighted by Crippen LogP contribution is 2.19.